The first-order valence-electron chi connectivity index (χ1n) is 12.0. The predicted molar refractivity (Wildman–Crippen MR) is 155 cm³/mol. The summed E-state index contributed by atoms with van der Waals surface area (Å²) in [6.07, 6.45) is 1.91. The van der Waals surface area contributed by atoms with Crippen molar-refractivity contribution < 1.29 is 14.3 Å². The van der Waals surface area contributed by atoms with Gasteiger partial charge in [-0.15, -0.1) is 0 Å². The first-order valence-corrected chi connectivity index (χ1v) is 13.2. The van der Waals surface area contributed by atoms with Crippen LogP contribution in [0.5, 0.6) is 11.5 Å². The fourth-order valence-corrected chi connectivity index (χ4v) is 5.22. The lowest BCUT2D eigenvalue weighted by Gasteiger charge is -2.12. The molecule has 8 heteroatoms. The predicted octanol–water partition coefficient (Wildman–Crippen LogP) is 7.23. The molecule has 0 atom stereocenters. The number of thioether (sulfide) groups is 1. The number of halogens is 1. The minimum atomic E-state index is -0.160. The maximum absolute atomic E-state index is 12.6. The molecule has 1 amide bonds. The molecule has 0 saturated carbocycles. The van der Waals surface area contributed by atoms with E-state index in [2.05, 4.69) is 27.9 Å². The maximum Gasteiger partial charge on any atom is 0.264 e. The van der Waals surface area contributed by atoms with Gasteiger partial charge in [0, 0.05) is 27.7 Å². The average Bonchev–Trinajstić information content (AvgIpc) is 3.41. The summed E-state index contributed by atoms with van der Waals surface area (Å²) in [4.78, 5) is 17.8. The van der Waals surface area contributed by atoms with E-state index < -0.39 is 0 Å². The molecule has 1 fully saturated rings. The van der Waals surface area contributed by atoms with Crippen molar-refractivity contribution in [3.05, 3.63) is 111 Å². The third-order valence-electron chi connectivity index (χ3n) is 6.16. The summed E-state index contributed by atoms with van der Waals surface area (Å²) < 4.78 is 13.3. The molecule has 1 N–H and O–H groups in total. The van der Waals surface area contributed by atoms with Crippen molar-refractivity contribution in [3.63, 3.8) is 0 Å². The molecule has 6 nitrogen and oxygen atoms in total. The Balaban J connectivity index is 1.31. The monoisotopic (exact) mass is 543 g/mol. The molecular weight excluding hydrogens is 518 g/mol. The summed E-state index contributed by atoms with van der Waals surface area (Å²) in [5, 5.41) is 4.09. The van der Waals surface area contributed by atoms with Gasteiger partial charge < -0.3 is 19.4 Å². The number of amides is 1. The minimum Gasteiger partial charge on any atom is -0.497 e. The number of ether oxygens (including phenoxy) is 2. The molecule has 0 aliphatic carbocycles. The first kappa shape index (κ1) is 25.7. The van der Waals surface area contributed by atoms with Crippen molar-refractivity contribution in [2.75, 3.05) is 7.11 Å². The van der Waals surface area contributed by atoms with E-state index in [0.717, 1.165) is 45.4 Å². The van der Waals surface area contributed by atoms with Crippen LogP contribution in [-0.2, 0) is 11.4 Å². The highest BCUT2D eigenvalue weighted by molar-refractivity contribution is 8.18. The van der Waals surface area contributed by atoms with Crippen LogP contribution < -0.4 is 14.8 Å². The van der Waals surface area contributed by atoms with Crippen LogP contribution in [0, 0.1) is 13.8 Å². The van der Waals surface area contributed by atoms with E-state index in [9.17, 15) is 4.79 Å². The summed E-state index contributed by atoms with van der Waals surface area (Å²) in [5.74, 6) is 1.36. The molecule has 192 valence electrons. The van der Waals surface area contributed by atoms with E-state index in [1.54, 1.807) is 7.11 Å². The standard InChI is InChI=1S/C30H26ClN3O3S/c1-19-16-22(17-28-29(35)33-30(38-28)32-23-8-12-25(36-3)13-9-23)20(2)34(19)24-10-14-26(15-11-24)37-18-21-6-4-5-7-27(21)31/h4-17H,18H2,1-3H3,(H,32,33,35)/b28-17+. The summed E-state index contributed by atoms with van der Waals surface area (Å²) in [5.41, 5.74) is 5.78. The van der Waals surface area contributed by atoms with Gasteiger partial charge in [0.25, 0.3) is 5.91 Å². The third-order valence-corrected chi connectivity index (χ3v) is 7.44. The number of amidine groups is 1. The lowest BCUT2D eigenvalue weighted by Crippen LogP contribution is -2.19. The number of benzene rings is 3. The lowest BCUT2D eigenvalue weighted by atomic mass is 10.2. The Hall–Kier alpha value is -3.94. The minimum absolute atomic E-state index is 0.160. The van der Waals surface area contributed by atoms with E-state index in [0.29, 0.717) is 21.7 Å². The molecule has 1 aromatic heterocycles. The maximum atomic E-state index is 12.6. The van der Waals surface area contributed by atoms with Crippen LogP contribution in [0.3, 0.4) is 0 Å². The normalized spacial score (nSPS) is 15.2. The number of methoxy groups -OCH3 is 1. The Morgan fingerprint density at radius 1 is 1.00 bits per heavy atom. The number of carbonyl (C=O) groups excluding carboxylic acids is 1. The topological polar surface area (TPSA) is 64.8 Å². The van der Waals surface area contributed by atoms with Gasteiger partial charge in [-0.2, -0.15) is 0 Å². The number of carbonyl (C=O) groups is 1. The number of aryl methyl sites for hydroxylation is 1. The van der Waals surface area contributed by atoms with Crippen molar-refractivity contribution >= 4 is 46.2 Å². The number of nitrogens with one attached hydrogen (secondary N) is 1. The highest BCUT2D eigenvalue weighted by Crippen LogP contribution is 2.31. The van der Waals surface area contributed by atoms with Crippen LogP contribution in [0.4, 0.5) is 5.69 Å². The van der Waals surface area contributed by atoms with E-state index in [1.807, 2.05) is 85.8 Å². The Bertz CT molecular complexity index is 1540. The number of aliphatic imine (C=N–C) groups is 1. The molecule has 0 bridgehead atoms. The van der Waals surface area contributed by atoms with Crippen molar-refractivity contribution in [2.45, 2.75) is 20.5 Å². The Morgan fingerprint density at radius 2 is 1.71 bits per heavy atom. The fourth-order valence-electron chi connectivity index (χ4n) is 4.19. The number of hydrogen-bond donors (Lipinski definition) is 1. The van der Waals surface area contributed by atoms with Gasteiger partial charge >= 0.3 is 0 Å². The molecule has 1 saturated heterocycles. The van der Waals surface area contributed by atoms with Gasteiger partial charge in [0.05, 0.1) is 17.7 Å². The summed E-state index contributed by atoms with van der Waals surface area (Å²) >= 11 is 7.56. The van der Waals surface area contributed by atoms with Crippen LogP contribution in [0.25, 0.3) is 11.8 Å². The van der Waals surface area contributed by atoms with Crippen LogP contribution in [0.15, 0.2) is 88.8 Å². The van der Waals surface area contributed by atoms with Crippen molar-refractivity contribution in [1.82, 2.24) is 9.88 Å². The van der Waals surface area contributed by atoms with Gasteiger partial charge in [0.1, 0.15) is 18.1 Å². The second-order valence-corrected chi connectivity index (χ2v) is 10.2. The van der Waals surface area contributed by atoms with Gasteiger partial charge in [0.15, 0.2) is 5.17 Å². The second kappa shape index (κ2) is 11.2. The van der Waals surface area contributed by atoms with Crippen LogP contribution in [-0.4, -0.2) is 22.8 Å². The van der Waals surface area contributed by atoms with Crippen molar-refractivity contribution in [3.8, 4) is 17.2 Å². The Morgan fingerprint density at radius 3 is 2.42 bits per heavy atom. The van der Waals surface area contributed by atoms with Crippen molar-refractivity contribution in [2.24, 2.45) is 4.99 Å². The molecule has 1 aliphatic rings. The SMILES string of the molecule is COc1ccc(N=C2NC(=O)/C(=C\c3cc(C)n(-c4ccc(OCc5ccccc5Cl)cc4)c3C)S2)cc1. The van der Waals surface area contributed by atoms with Gasteiger partial charge in [-0.1, -0.05) is 29.8 Å². The lowest BCUT2D eigenvalue weighted by molar-refractivity contribution is -0.115. The Kier molecular flexibility index (Phi) is 7.58. The van der Waals surface area contributed by atoms with Gasteiger partial charge in [-0.25, -0.2) is 4.99 Å². The molecule has 4 aromatic rings. The molecule has 38 heavy (non-hydrogen) atoms. The number of hydrogen-bond acceptors (Lipinski definition) is 5. The fraction of sp³-hybridized carbons (Fsp3) is 0.133. The van der Waals surface area contributed by atoms with Crippen LogP contribution in [0.1, 0.15) is 22.5 Å². The van der Waals surface area contributed by atoms with E-state index >= 15 is 0 Å². The molecule has 2 heterocycles. The van der Waals surface area contributed by atoms with E-state index in [1.165, 1.54) is 11.8 Å². The van der Waals surface area contributed by atoms with Gasteiger partial charge in [0.2, 0.25) is 0 Å². The van der Waals surface area contributed by atoms with Crippen LogP contribution >= 0.6 is 23.4 Å². The number of aromatic nitrogens is 1. The summed E-state index contributed by atoms with van der Waals surface area (Å²) in [7, 11) is 1.62. The third kappa shape index (κ3) is 5.64. The molecule has 0 spiro atoms. The van der Waals surface area contributed by atoms with E-state index in [-0.39, 0.29) is 5.91 Å². The highest BCUT2D eigenvalue weighted by Gasteiger charge is 2.24. The summed E-state index contributed by atoms with van der Waals surface area (Å²) in [6.45, 7) is 4.50. The quantitative estimate of drug-likeness (QED) is 0.250. The molecular formula is C30H26ClN3O3S. The zero-order chi connectivity index (χ0) is 26.6. The molecule has 3 aromatic carbocycles. The highest BCUT2D eigenvalue weighted by atomic mass is 35.5. The smallest absolute Gasteiger partial charge is 0.264 e. The van der Waals surface area contributed by atoms with E-state index in [4.69, 9.17) is 21.1 Å². The molecule has 1 aliphatic heterocycles. The molecule has 0 unspecified atom stereocenters. The summed E-state index contributed by atoms with van der Waals surface area (Å²) in [6, 6.07) is 25.1. The van der Waals surface area contributed by atoms with Crippen molar-refractivity contribution in [1.29, 1.82) is 0 Å². The Labute approximate surface area is 231 Å². The largest absolute Gasteiger partial charge is 0.497 e. The zero-order valence-corrected chi connectivity index (χ0v) is 22.8. The van der Waals surface area contributed by atoms with Crippen LogP contribution in [0.2, 0.25) is 5.02 Å². The number of rotatable bonds is 7. The molecule has 5 rings (SSSR count). The average molecular weight is 544 g/mol. The molecule has 0 radical (unpaired) electrons. The first-order chi connectivity index (χ1) is 18.4. The number of nitrogens with zero attached hydrogens (tertiary/aromatic N) is 2. The van der Waals surface area contributed by atoms with Gasteiger partial charge in [-0.3, -0.25) is 4.79 Å². The second-order valence-electron chi connectivity index (χ2n) is 8.72. The van der Waals surface area contributed by atoms with Gasteiger partial charge in [-0.05, 0) is 97.9 Å². The zero-order valence-electron chi connectivity index (χ0n) is 21.2.